The van der Waals surface area contributed by atoms with Gasteiger partial charge in [0.2, 0.25) is 17.1 Å². The van der Waals surface area contributed by atoms with Crippen molar-refractivity contribution in [3.8, 4) is 0 Å². The maximum absolute atomic E-state index is 13.4. The molecule has 1 saturated carbocycles. The molecule has 3 N–H and O–H groups in total. The maximum atomic E-state index is 13.4. The van der Waals surface area contributed by atoms with Gasteiger partial charge in [0.15, 0.2) is 12.2 Å². The van der Waals surface area contributed by atoms with E-state index in [-0.39, 0.29) is 30.8 Å². The first-order chi connectivity index (χ1) is 18.7. The predicted octanol–water partition coefficient (Wildman–Crippen LogP) is 0.526. The van der Waals surface area contributed by atoms with Gasteiger partial charge in [-0.15, -0.1) is 0 Å². The van der Waals surface area contributed by atoms with Crippen molar-refractivity contribution in [1.82, 2.24) is 15.1 Å². The Balaban J connectivity index is 1.38. The van der Waals surface area contributed by atoms with Crippen LogP contribution in [0.5, 0.6) is 0 Å². The van der Waals surface area contributed by atoms with Crippen LogP contribution in [-0.4, -0.2) is 55.9 Å². The van der Waals surface area contributed by atoms with E-state index in [0.717, 1.165) is 12.8 Å². The zero-order chi connectivity index (χ0) is 27.7. The average Bonchev–Trinajstić information content (AvgIpc) is 3.66. The fourth-order valence-corrected chi connectivity index (χ4v) is 4.73. The Kier molecular flexibility index (Phi) is 7.07. The number of aromatic nitrogens is 2. The highest BCUT2D eigenvalue weighted by atomic mass is 32.1. The van der Waals surface area contributed by atoms with Gasteiger partial charge < -0.3 is 21.1 Å². The van der Waals surface area contributed by atoms with E-state index in [1.165, 1.54) is 16.8 Å². The Morgan fingerprint density at radius 1 is 1.18 bits per heavy atom. The van der Waals surface area contributed by atoms with Gasteiger partial charge in [0, 0.05) is 17.3 Å². The van der Waals surface area contributed by atoms with Crippen LogP contribution in [0, 0.1) is 0 Å². The molecule has 1 aromatic heterocycles. The van der Waals surface area contributed by atoms with E-state index in [0.29, 0.717) is 27.6 Å². The Morgan fingerprint density at radius 2 is 1.87 bits per heavy atom. The molecule has 1 aliphatic carbocycles. The predicted molar refractivity (Wildman–Crippen MR) is 140 cm³/mol. The number of hydrogen-bond acceptors (Lipinski definition) is 8. The third kappa shape index (κ3) is 5.48. The number of amides is 3. The molecule has 1 saturated heterocycles. The lowest BCUT2D eigenvalue weighted by molar-refractivity contribution is -0.746. The number of aryl methyl sites for hydroxylation is 1. The fourth-order valence-electron chi connectivity index (χ4n) is 4.30. The summed E-state index contributed by atoms with van der Waals surface area (Å²) in [5, 5.41) is 19.6. The summed E-state index contributed by atoms with van der Waals surface area (Å²) in [4.78, 5) is 45.0. The number of carbonyl (C=O) groups is 3. The van der Waals surface area contributed by atoms with Crippen molar-refractivity contribution in [3.05, 3.63) is 71.4 Å². The van der Waals surface area contributed by atoms with Crippen LogP contribution in [0.4, 0.5) is 11.6 Å². The van der Waals surface area contributed by atoms with Crippen LogP contribution >= 0.6 is 12.2 Å². The number of primary amides is 1. The Labute approximate surface area is 228 Å². The van der Waals surface area contributed by atoms with Gasteiger partial charge in [0.1, 0.15) is 12.6 Å². The molecular formula is C26H25N7O5S. The van der Waals surface area contributed by atoms with Crippen molar-refractivity contribution in [3.63, 3.8) is 0 Å². The molecule has 1 atom stereocenters. The molecule has 0 bridgehead atoms. The fraction of sp³-hybridized carbons (Fsp3) is 0.269. The second-order valence-electron chi connectivity index (χ2n) is 9.29. The van der Waals surface area contributed by atoms with Gasteiger partial charge in [-0.05, 0) is 65.5 Å². The molecule has 2 heterocycles. The van der Waals surface area contributed by atoms with Crippen molar-refractivity contribution >= 4 is 52.5 Å². The van der Waals surface area contributed by atoms with E-state index in [1.54, 1.807) is 59.3 Å². The Morgan fingerprint density at radius 3 is 2.51 bits per heavy atom. The van der Waals surface area contributed by atoms with Crippen LogP contribution in [-0.2, 0) is 23.2 Å². The number of thiocarbonyl (C=S) groups is 1. The quantitative estimate of drug-likeness (QED) is 0.170. The molecule has 200 valence electrons. The molecule has 13 heteroatoms. The van der Waals surface area contributed by atoms with Crippen molar-refractivity contribution in [2.75, 3.05) is 5.32 Å². The Hall–Kier alpha value is -4.65. The molecule has 39 heavy (non-hydrogen) atoms. The number of hydrogen-bond donors (Lipinski definition) is 2. The molecule has 12 nitrogen and oxygen atoms in total. The second kappa shape index (κ2) is 10.6. The first kappa shape index (κ1) is 26.0. The Bertz CT molecular complexity index is 1470. The standard InChI is InChI=1S/C26H25N7O5S/c1-31-20(24(38-30-31)29-23(36)16-5-3-2-4-6-16)14-32-19(25(37)33(26(32)39)18-11-12-18)13-21(34)28-17-9-7-15(8-10-17)22(27)35/h2-10,18-19H,11-14H2,1H3,(H3-,27,28,29,30,34,35,36). The van der Waals surface area contributed by atoms with E-state index in [1.807, 2.05) is 0 Å². The molecule has 5 rings (SSSR count). The van der Waals surface area contributed by atoms with E-state index in [4.69, 9.17) is 22.5 Å². The molecule has 1 unspecified atom stereocenters. The summed E-state index contributed by atoms with van der Waals surface area (Å²) < 4.78 is 6.73. The van der Waals surface area contributed by atoms with E-state index < -0.39 is 23.8 Å². The number of carbonyl (C=O) groups excluding carboxylic acids is 3. The lowest BCUT2D eigenvalue weighted by Crippen LogP contribution is -2.42. The van der Waals surface area contributed by atoms with Crippen LogP contribution in [0.2, 0.25) is 0 Å². The minimum atomic E-state index is -0.879. The summed E-state index contributed by atoms with van der Waals surface area (Å²) in [6.07, 6.45) is 1.49. The lowest BCUT2D eigenvalue weighted by Gasteiger charge is -2.21. The average molecular weight is 548 g/mol. The van der Waals surface area contributed by atoms with Crippen molar-refractivity contribution in [2.45, 2.75) is 37.9 Å². The zero-order valence-corrected chi connectivity index (χ0v) is 21.8. The van der Waals surface area contributed by atoms with Crippen molar-refractivity contribution in [1.29, 1.82) is 0 Å². The molecule has 2 fully saturated rings. The maximum Gasteiger partial charge on any atom is 0.325 e. The minimum Gasteiger partial charge on any atom is -0.858 e. The van der Waals surface area contributed by atoms with Gasteiger partial charge in [-0.25, -0.2) is 4.99 Å². The smallest absolute Gasteiger partial charge is 0.325 e. The monoisotopic (exact) mass is 547 g/mol. The van der Waals surface area contributed by atoms with Crippen molar-refractivity contribution < 1.29 is 28.7 Å². The molecule has 1 aliphatic heterocycles. The first-order valence-corrected chi connectivity index (χ1v) is 12.6. The first-order valence-electron chi connectivity index (χ1n) is 12.2. The second-order valence-corrected chi connectivity index (χ2v) is 9.66. The topological polar surface area (TPSA) is 161 Å². The van der Waals surface area contributed by atoms with Crippen LogP contribution in [0.3, 0.4) is 0 Å². The van der Waals surface area contributed by atoms with Gasteiger partial charge in [-0.2, -0.15) is 0 Å². The van der Waals surface area contributed by atoms with Gasteiger partial charge in [0.05, 0.1) is 6.42 Å². The highest BCUT2D eigenvalue weighted by molar-refractivity contribution is 7.80. The largest absolute Gasteiger partial charge is 0.858 e. The number of nitrogens with zero attached hydrogens (tertiary/aromatic N) is 5. The van der Waals surface area contributed by atoms with Gasteiger partial charge in [-0.3, -0.25) is 23.8 Å². The number of benzene rings is 2. The number of rotatable bonds is 9. The lowest BCUT2D eigenvalue weighted by atomic mass is 10.1. The number of anilines is 1. The minimum absolute atomic E-state index is 0.00180. The third-order valence-corrected chi connectivity index (χ3v) is 6.96. The van der Waals surface area contributed by atoms with Gasteiger partial charge in [-0.1, -0.05) is 30.3 Å². The van der Waals surface area contributed by atoms with Crippen LogP contribution in [0.25, 0.3) is 0 Å². The number of nitrogens with two attached hydrogens (primary N) is 1. The number of aliphatic imine (C=N–C) groups is 1. The molecule has 3 amide bonds. The molecule has 0 radical (unpaired) electrons. The summed E-state index contributed by atoms with van der Waals surface area (Å²) in [7, 11) is 1.63. The normalized spacial score (nSPS) is 17.6. The summed E-state index contributed by atoms with van der Waals surface area (Å²) in [5.41, 5.74) is 6.83. The molecule has 3 aromatic rings. The molecule has 0 spiro atoms. The van der Waals surface area contributed by atoms with Crippen LogP contribution < -0.4 is 20.8 Å². The zero-order valence-electron chi connectivity index (χ0n) is 20.9. The molecular weight excluding hydrogens is 522 g/mol. The molecule has 2 aliphatic rings. The summed E-state index contributed by atoms with van der Waals surface area (Å²) >= 11 is 5.68. The van der Waals surface area contributed by atoms with Crippen LogP contribution in [0.1, 0.15) is 40.9 Å². The van der Waals surface area contributed by atoms with E-state index >= 15 is 0 Å². The van der Waals surface area contributed by atoms with Gasteiger partial charge >= 0.3 is 5.88 Å². The summed E-state index contributed by atoms with van der Waals surface area (Å²) in [5.74, 6) is -1.77. The number of nitrogens with one attached hydrogen (secondary N) is 1. The van der Waals surface area contributed by atoms with Gasteiger partial charge in [0.25, 0.3) is 11.6 Å². The third-order valence-electron chi connectivity index (χ3n) is 6.53. The molecule has 2 aromatic carbocycles. The SMILES string of the molecule is C[n+]1noc(/N=C(\[O-])c2ccccc2)c1CN1C(=S)N(C2CC2)C(=O)C1CC(=O)Nc1ccc(C(N)=O)cc1. The highest BCUT2D eigenvalue weighted by Gasteiger charge is 2.50. The van der Waals surface area contributed by atoms with E-state index in [2.05, 4.69) is 15.6 Å². The van der Waals surface area contributed by atoms with Crippen LogP contribution in [0.15, 0.2) is 64.1 Å². The van der Waals surface area contributed by atoms with Crippen molar-refractivity contribution in [2.24, 2.45) is 17.8 Å². The highest BCUT2D eigenvalue weighted by Crippen LogP contribution is 2.35. The summed E-state index contributed by atoms with van der Waals surface area (Å²) in [6, 6.07) is 13.8. The van der Waals surface area contributed by atoms with E-state index in [9.17, 15) is 19.5 Å². The summed E-state index contributed by atoms with van der Waals surface area (Å²) in [6.45, 7) is 0.0416.